The van der Waals surface area contributed by atoms with Crippen LogP contribution >= 0.6 is 39.0 Å². The standard InChI is InChI=1S/C19H11BrO2S2/c20-11-5-6-14-13(7-11)16-10(8-22-14)9-23-19-17(16)18(21)12-3-1-2-4-15(12)24-19/h1-7,9,16H,8H2. The molecule has 0 saturated heterocycles. The summed E-state index contributed by atoms with van der Waals surface area (Å²) in [6, 6.07) is 13.9. The molecule has 24 heavy (non-hydrogen) atoms. The number of fused-ring (bicyclic) bond motifs is 6. The van der Waals surface area contributed by atoms with Gasteiger partial charge in [-0.25, -0.2) is 0 Å². The van der Waals surface area contributed by atoms with Gasteiger partial charge in [0.1, 0.15) is 12.4 Å². The SMILES string of the molecule is O=c1c2c(sc3ccccc13)SC=C1COc3ccc(Br)cc3C12. The smallest absolute Gasteiger partial charge is 0.193 e. The van der Waals surface area contributed by atoms with Crippen LogP contribution in [0.15, 0.2) is 66.9 Å². The van der Waals surface area contributed by atoms with Gasteiger partial charge in [0.2, 0.25) is 0 Å². The maximum atomic E-state index is 13.2. The number of hydrogen-bond donors (Lipinski definition) is 0. The van der Waals surface area contributed by atoms with E-state index >= 15 is 0 Å². The zero-order valence-electron chi connectivity index (χ0n) is 12.4. The van der Waals surface area contributed by atoms with Crippen LogP contribution < -0.4 is 10.2 Å². The summed E-state index contributed by atoms with van der Waals surface area (Å²) in [5, 5.41) is 2.97. The zero-order chi connectivity index (χ0) is 16.3. The summed E-state index contributed by atoms with van der Waals surface area (Å²) < 4.78 is 9.04. The fourth-order valence-corrected chi connectivity index (χ4v) is 6.09. The van der Waals surface area contributed by atoms with Crippen LogP contribution in [0.4, 0.5) is 0 Å². The van der Waals surface area contributed by atoms with Gasteiger partial charge in [0.15, 0.2) is 5.43 Å². The molecule has 0 amide bonds. The van der Waals surface area contributed by atoms with Crippen LogP contribution in [-0.2, 0) is 0 Å². The third-order valence-corrected chi connectivity index (χ3v) is 7.32. The average molecular weight is 415 g/mol. The van der Waals surface area contributed by atoms with Crippen LogP contribution in [0.3, 0.4) is 0 Å². The highest BCUT2D eigenvalue weighted by atomic mass is 79.9. The van der Waals surface area contributed by atoms with Crippen molar-refractivity contribution in [3.8, 4) is 5.75 Å². The van der Waals surface area contributed by atoms with Crippen molar-refractivity contribution in [2.45, 2.75) is 10.1 Å². The molecule has 5 heteroatoms. The summed E-state index contributed by atoms with van der Waals surface area (Å²) in [6.45, 7) is 0.544. The Balaban J connectivity index is 1.85. The molecule has 2 nitrogen and oxygen atoms in total. The van der Waals surface area contributed by atoms with Gasteiger partial charge in [-0.3, -0.25) is 4.79 Å². The lowest BCUT2D eigenvalue weighted by molar-refractivity contribution is 0.324. The van der Waals surface area contributed by atoms with Crippen molar-refractivity contribution in [3.63, 3.8) is 0 Å². The minimum atomic E-state index is -0.00384. The molecule has 0 spiro atoms. The van der Waals surface area contributed by atoms with Gasteiger partial charge in [-0.15, -0.1) is 11.3 Å². The molecule has 5 rings (SSSR count). The Hall–Kier alpha value is -1.56. The van der Waals surface area contributed by atoms with E-state index in [2.05, 4.69) is 27.4 Å². The van der Waals surface area contributed by atoms with E-state index in [0.717, 1.165) is 41.2 Å². The fraction of sp³-hybridized carbons (Fsp3) is 0.105. The van der Waals surface area contributed by atoms with Crippen LogP contribution in [0.25, 0.3) is 10.1 Å². The van der Waals surface area contributed by atoms with Crippen molar-refractivity contribution in [1.29, 1.82) is 0 Å². The number of halogens is 1. The van der Waals surface area contributed by atoms with Crippen molar-refractivity contribution < 1.29 is 4.74 Å². The van der Waals surface area contributed by atoms with Gasteiger partial charge >= 0.3 is 0 Å². The van der Waals surface area contributed by atoms with E-state index in [1.54, 1.807) is 23.1 Å². The van der Waals surface area contributed by atoms with Gasteiger partial charge in [-0.1, -0.05) is 39.8 Å². The molecule has 1 aromatic heterocycles. The van der Waals surface area contributed by atoms with Crippen molar-refractivity contribution in [2.75, 3.05) is 6.61 Å². The van der Waals surface area contributed by atoms with E-state index < -0.39 is 0 Å². The van der Waals surface area contributed by atoms with Crippen LogP contribution in [0.1, 0.15) is 17.0 Å². The summed E-state index contributed by atoms with van der Waals surface area (Å²) in [4.78, 5) is 13.2. The topological polar surface area (TPSA) is 26.3 Å². The number of hydrogen-bond acceptors (Lipinski definition) is 4. The lowest BCUT2D eigenvalue weighted by atomic mass is 9.84. The summed E-state index contributed by atoms with van der Waals surface area (Å²) in [7, 11) is 0. The lowest BCUT2D eigenvalue weighted by Gasteiger charge is -2.32. The summed E-state index contributed by atoms with van der Waals surface area (Å²) in [5.74, 6) is 0.867. The normalized spacial score (nSPS) is 18.2. The predicted octanol–water partition coefficient (Wildman–Crippen LogP) is 5.54. The van der Waals surface area contributed by atoms with Gasteiger partial charge < -0.3 is 4.74 Å². The maximum absolute atomic E-state index is 13.2. The molecule has 0 radical (unpaired) electrons. The molecular formula is C19H11BrO2S2. The molecule has 0 aliphatic carbocycles. The van der Waals surface area contributed by atoms with E-state index in [1.807, 2.05) is 36.4 Å². The van der Waals surface area contributed by atoms with Crippen molar-refractivity contribution >= 4 is 49.1 Å². The maximum Gasteiger partial charge on any atom is 0.193 e. The first-order chi connectivity index (χ1) is 11.7. The first kappa shape index (κ1) is 14.8. The molecule has 3 heterocycles. The van der Waals surface area contributed by atoms with Gasteiger partial charge in [-0.05, 0) is 41.3 Å². The highest BCUT2D eigenvalue weighted by molar-refractivity contribution is 9.10. The van der Waals surface area contributed by atoms with E-state index in [1.165, 1.54) is 0 Å². The molecule has 0 bridgehead atoms. The number of benzene rings is 2. The lowest BCUT2D eigenvalue weighted by Crippen LogP contribution is -2.25. The fourth-order valence-electron chi connectivity index (χ4n) is 3.37. The first-order valence-corrected chi connectivity index (χ1v) is 10.0. The van der Waals surface area contributed by atoms with Gasteiger partial charge in [0.25, 0.3) is 0 Å². The minimum absolute atomic E-state index is 0.00384. The Morgan fingerprint density at radius 2 is 2.04 bits per heavy atom. The average Bonchev–Trinajstić information content (AvgIpc) is 2.61. The molecule has 0 saturated carbocycles. The zero-order valence-corrected chi connectivity index (χ0v) is 15.6. The Morgan fingerprint density at radius 1 is 1.17 bits per heavy atom. The van der Waals surface area contributed by atoms with E-state index in [9.17, 15) is 4.79 Å². The Kier molecular flexibility index (Phi) is 3.37. The molecule has 1 atom stereocenters. The van der Waals surface area contributed by atoms with Crippen LogP contribution in [-0.4, -0.2) is 6.61 Å². The van der Waals surface area contributed by atoms with Gasteiger partial charge in [0, 0.05) is 31.6 Å². The van der Waals surface area contributed by atoms with Gasteiger partial charge in [0.05, 0.1) is 4.21 Å². The highest BCUT2D eigenvalue weighted by Crippen LogP contribution is 2.49. The first-order valence-electron chi connectivity index (χ1n) is 7.56. The molecule has 2 aromatic carbocycles. The second-order valence-corrected chi connectivity index (χ2v) is 8.95. The third-order valence-electron chi connectivity index (χ3n) is 4.45. The quantitative estimate of drug-likeness (QED) is 0.483. The molecular weight excluding hydrogens is 404 g/mol. The largest absolute Gasteiger partial charge is 0.489 e. The molecule has 0 N–H and O–H groups in total. The van der Waals surface area contributed by atoms with Crippen LogP contribution in [0.2, 0.25) is 0 Å². The summed E-state index contributed by atoms with van der Waals surface area (Å²) >= 11 is 6.90. The second kappa shape index (κ2) is 5.48. The molecule has 118 valence electrons. The molecule has 2 aliphatic heterocycles. The van der Waals surface area contributed by atoms with Crippen molar-refractivity contribution in [3.05, 3.63) is 79.3 Å². The molecule has 0 fully saturated rings. The van der Waals surface area contributed by atoms with E-state index in [4.69, 9.17) is 4.74 Å². The predicted molar refractivity (Wildman–Crippen MR) is 104 cm³/mol. The number of rotatable bonds is 0. The van der Waals surface area contributed by atoms with E-state index in [-0.39, 0.29) is 11.3 Å². The Labute approximate surface area is 155 Å². The Morgan fingerprint density at radius 3 is 2.96 bits per heavy atom. The minimum Gasteiger partial charge on any atom is -0.489 e. The third kappa shape index (κ3) is 2.11. The van der Waals surface area contributed by atoms with Crippen molar-refractivity contribution in [2.24, 2.45) is 0 Å². The molecule has 2 aliphatic rings. The second-order valence-electron chi connectivity index (χ2n) is 5.84. The molecule has 3 aromatic rings. The van der Waals surface area contributed by atoms with Crippen molar-refractivity contribution in [1.82, 2.24) is 0 Å². The molecule has 1 unspecified atom stereocenters. The van der Waals surface area contributed by atoms with Gasteiger partial charge in [-0.2, -0.15) is 0 Å². The highest BCUT2D eigenvalue weighted by Gasteiger charge is 2.34. The van der Waals surface area contributed by atoms with Crippen LogP contribution in [0.5, 0.6) is 5.75 Å². The number of ether oxygens (including phenoxy) is 1. The number of thioether (sulfide) groups is 1. The Bertz CT molecular complexity index is 1080. The monoisotopic (exact) mass is 414 g/mol. The summed E-state index contributed by atoms with van der Waals surface area (Å²) in [6.07, 6.45) is 0. The van der Waals surface area contributed by atoms with E-state index in [0.29, 0.717) is 6.61 Å². The summed E-state index contributed by atoms with van der Waals surface area (Å²) in [5.41, 5.74) is 3.29. The van der Waals surface area contributed by atoms with Crippen LogP contribution in [0, 0.1) is 0 Å².